The Kier molecular flexibility index (Phi) is 4.18. The van der Waals surface area contributed by atoms with Crippen LogP contribution in [0.5, 0.6) is 0 Å². The molecule has 1 aromatic heterocycles. The molecular weight excluding hydrogens is 306 g/mol. The summed E-state index contributed by atoms with van der Waals surface area (Å²) in [4.78, 5) is 26.1. The number of furan rings is 1. The van der Waals surface area contributed by atoms with E-state index in [1.807, 2.05) is 31.2 Å². The summed E-state index contributed by atoms with van der Waals surface area (Å²) in [5.74, 6) is -0.557. The quantitative estimate of drug-likeness (QED) is 0.940. The van der Waals surface area contributed by atoms with Gasteiger partial charge in [-0.25, -0.2) is 0 Å². The van der Waals surface area contributed by atoms with Crippen molar-refractivity contribution in [2.45, 2.75) is 26.7 Å². The zero-order chi connectivity index (χ0) is 17.4. The number of rotatable bonds is 3. The molecule has 126 valence electrons. The smallest absolute Gasteiger partial charge is 0.308 e. The average molecular weight is 327 g/mol. The topological polar surface area (TPSA) is 70.8 Å². The van der Waals surface area contributed by atoms with E-state index in [4.69, 9.17) is 4.42 Å². The maximum absolute atomic E-state index is 12.8. The molecule has 2 atom stereocenters. The first-order valence-electron chi connectivity index (χ1n) is 8.03. The molecule has 3 rings (SSSR count). The van der Waals surface area contributed by atoms with Gasteiger partial charge in [0.2, 0.25) is 0 Å². The van der Waals surface area contributed by atoms with Crippen LogP contribution >= 0.6 is 0 Å². The lowest BCUT2D eigenvalue weighted by molar-refractivity contribution is -0.141. The number of carboxylic acids is 1. The van der Waals surface area contributed by atoms with Gasteiger partial charge in [0.25, 0.3) is 5.91 Å². The van der Waals surface area contributed by atoms with Crippen molar-refractivity contribution in [2.24, 2.45) is 5.92 Å². The molecule has 1 aliphatic rings. The first-order chi connectivity index (χ1) is 11.4. The van der Waals surface area contributed by atoms with Crippen molar-refractivity contribution in [1.82, 2.24) is 4.90 Å². The number of carboxylic acid groups (broad SMARTS) is 1. The van der Waals surface area contributed by atoms with Crippen molar-refractivity contribution in [3.63, 3.8) is 0 Å². The van der Waals surface area contributed by atoms with E-state index in [9.17, 15) is 14.7 Å². The van der Waals surface area contributed by atoms with E-state index in [2.05, 4.69) is 0 Å². The van der Waals surface area contributed by atoms with Gasteiger partial charge in [-0.3, -0.25) is 9.59 Å². The summed E-state index contributed by atoms with van der Waals surface area (Å²) in [5, 5.41) is 9.61. The van der Waals surface area contributed by atoms with Crippen molar-refractivity contribution in [1.29, 1.82) is 0 Å². The Balaban J connectivity index is 1.91. The molecule has 0 unspecified atom stereocenters. The standard InChI is InChI=1S/C19H21NO4/c1-11-6-4-5-7-14(11)16-9-20(10-17(16)19(22)23)18(21)15-8-12(2)24-13(15)3/h4-8,16-17H,9-10H2,1-3H3,(H,22,23)/t16-,17+/m0/s1. The summed E-state index contributed by atoms with van der Waals surface area (Å²) in [7, 11) is 0. The molecule has 1 amide bonds. The van der Waals surface area contributed by atoms with Crippen LogP contribution in [0.25, 0.3) is 0 Å². The van der Waals surface area contributed by atoms with Crippen molar-refractivity contribution in [2.75, 3.05) is 13.1 Å². The molecular formula is C19H21NO4. The average Bonchev–Trinajstić information content (AvgIpc) is 3.10. The number of likely N-dealkylation sites (tertiary alicyclic amines) is 1. The van der Waals surface area contributed by atoms with Crippen molar-refractivity contribution in [3.05, 3.63) is 58.5 Å². The predicted octanol–water partition coefficient (Wildman–Crippen LogP) is 3.15. The maximum Gasteiger partial charge on any atom is 0.308 e. The zero-order valence-electron chi connectivity index (χ0n) is 14.1. The Morgan fingerprint density at radius 1 is 1.17 bits per heavy atom. The van der Waals surface area contributed by atoms with Crippen LogP contribution in [-0.4, -0.2) is 35.0 Å². The molecule has 2 heterocycles. The number of benzene rings is 1. The van der Waals surface area contributed by atoms with Gasteiger partial charge in [-0.2, -0.15) is 0 Å². The van der Waals surface area contributed by atoms with E-state index in [-0.39, 0.29) is 18.4 Å². The highest BCUT2D eigenvalue weighted by molar-refractivity contribution is 5.96. The number of nitrogens with zero attached hydrogens (tertiary/aromatic N) is 1. The fourth-order valence-corrected chi connectivity index (χ4v) is 3.55. The minimum Gasteiger partial charge on any atom is -0.481 e. The van der Waals surface area contributed by atoms with Crippen LogP contribution in [0, 0.1) is 26.7 Å². The number of aryl methyl sites for hydroxylation is 3. The molecule has 0 saturated carbocycles. The molecule has 0 aliphatic carbocycles. The number of hydrogen-bond donors (Lipinski definition) is 1. The molecule has 1 saturated heterocycles. The molecule has 0 spiro atoms. The SMILES string of the molecule is Cc1cc(C(=O)N2C[C@@H](C(=O)O)[C@H](c3ccccc3C)C2)c(C)o1. The van der Waals surface area contributed by atoms with E-state index in [1.54, 1.807) is 24.8 Å². The number of hydrogen-bond acceptors (Lipinski definition) is 3. The molecule has 5 nitrogen and oxygen atoms in total. The lowest BCUT2D eigenvalue weighted by atomic mass is 9.86. The molecule has 2 aromatic rings. The lowest BCUT2D eigenvalue weighted by Gasteiger charge is -2.17. The molecule has 1 aliphatic heterocycles. The van der Waals surface area contributed by atoms with Gasteiger partial charge in [-0.1, -0.05) is 24.3 Å². The molecule has 1 N–H and O–H groups in total. The first kappa shape index (κ1) is 16.3. The van der Waals surface area contributed by atoms with E-state index in [0.717, 1.165) is 11.1 Å². The van der Waals surface area contributed by atoms with Crippen LogP contribution in [0.1, 0.15) is 38.9 Å². The number of carbonyl (C=O) groups is 2. The fourth-order valence-electron chi connectivity index (χ4n) is 3.55. The number of amides is 1. The normalized spacial score (nSPS) is 20.4. The summed E-state index contributed by atoms with van der Waals surface area (Å²) in [6.07, 6.45) is 0. The Labute approximate surface area is 140 Å². The third-order valence-corrected chi connectivity index (χ3v) is 4.78. The zero-order valence-corrected chi connectivity index (χ0v) is 14.1. The Hall–Kier alpha value is -2.56. The van der Waals surface area contributed by atoms with E-state index < -0.39 is 11.9 Å². The largest absolute Gasteiger partial charge is 0.481 e. The van der Waals surface area contributed by atoms with Crippen LogP contribution in [-0.2, 0) is 4.79 Å². The van der Waals surface area contributed by atoms with Crippen LogP contribution in [0.4, 0.5) is 0 Å². The third kappa shape index (κ3) is 2.82. The summed E-state index contributed by atoms with van der Waals surface area (Å²) in [6.45, 7) is 6.15. The monoisotopic (exact) mass is 327 g/mol. The van der Waals surface area contributed by atoms with Gasteiger partial charge < -0.3 is 14.4 Å². The van der Waals surface area contributed by atoms with Crippen molar-refractivity contribution in [3.8, 4) is 0 Å². The minimum atomic E-state index is -0.862. The van der Waals surface area contributed by atoms with Crippen LogP contribution in [0.15, 0.2) is 34.7 Å². The van der Waals surface area contributed by atoms with Crippen molar-refractivity contribution >= 4 is 11.9 Å². The van der Waals surface area contributed by atoms with Crippen LogP contribution in [0.3, 0.4) is 0 Å². The highest BCUT2D eigenvalue weighted by atomic mass is 16.4. The minimum absolute atomic E-state index is 0.160. The lowest BCUT2D eigenvalue weighted by Crippen LogP contribution is -2.30. The van der Waals surface area contributed by atoms with Gasteiger partial charge in [-0.15, -0.1) is 0 Å². The number of aliphatic carboxylic acids is 1. The number of carbonyl (C=O) groups excluding carboxylic acids is 1. The highest BCUT2D eigenvalue weighted by Crippen LogP contribution is 2.35. The van der Waals surface area contributed by atoms with Gasteiger partial charge in [0.15, 0.2) is 0 Å². The molecule has 24 heavy (non-hydrogen) atoms. The van der Waals surface area contributed by atoms with Gasteiger partial charge >= 0.3 is 5.97 Å². The molecule has 0 radical (unpaired) electrons. The summed E-state index contributed by atoms with van der Waals surface area (Å²) in [5.41, 5.74) is 2.57. The second kappa shape index (κ2) is 6.15. The Bertz CT molecular complexity index is 792. The first-order valence-corrected chi connectivity index (χ1v) is 8.03. The van der Waals surface area contributed by atoms with Gasteiger partial charge in [-0.05, 0) is 38.0 Å². The van der Waals surface area contributed by atoms with Crippen molar-refractivity contribution < 1.29 is 19.1 Å². The molecule has 1 fully saturated rings. The second-order valence-electron chi connectivity index (χ2n) is 6.44. The van der Waals surface area contributed by atoms with E-state index in [0.29, 0.717) is 23.6 Å². The maximum atomic E-state index is 12.8. The summed E-state index contributed by atoms with van der Waals surface area (Å²) < 4.78 is 5.44. The van der Waals surface area contributed by atoms with Crippen LogP contribution in [0.2, 0.25) is 0 Å². The van der Waals surface area contributed by atoms with E-state index in [1.165, 1.54) is 0 Å². The molecule has 1 aromatic carbocycles. The third-order valence-electron chi connectivity index (χ3n) is 4.78. The highest BCUT2D eigenvalue weighted by Gasteiger charge is 2.41. The van der Waals surface area contributed by atoms with Crippen LogP contribution < -0.4 is 0 Å². The van der Waals surface area contributed by atoms with Gasteiger partial charge in [0.05, 0.1) is 11.5 Å². The fraction of sp³-hybridized carbons (Fsp3) is 0.368. The Morgan fingerprint density at radius 3 is 2.46 bits per heavy atom. The summed E-state index contributed by atoms with van der Waals surface area (Å²) >= 11 is 0. The molecule has 5 heteroatoms. The summed E-state index contributed by atoms with van der Waals surface area (Å²) in [6, 6.07) is 9.49. The predicted molar refractivity (Wildman–Crippen MR) is 89.1 cm³/mol. The Morgan fingerprint density at radius 2 is 1.88 bits per heavy atom. The second-order valence-corrected chi connectivity index (χ2v) is 6.44. The molecule has 0 bridgehead atoms. The van der Waals surface area contributed by atoms with E-state index >= 15 is 0 Å². The van der Waals surface area contributed by atoms with Gasteiger partial charge in [0.1, 0.15) is 11.5 Å². The van der Waals surface area contributed by atoms with Gasteiger partial charge in [0, 0.05) is 19.0 Å².